The minimum Gasteiger partial charge on any atom is -0.462 e. The number of esters is 4. The number of aliphatic hydroxyl groups is 1. The zero-order valence-corrected chi connectivity index (χ0v) is 67.3. The van der Waals surface area contributed by atoms with E-state index in [9.17, 15) is 43.2 Å². The Labute approximate surface area is 613 Å². The van der Waals surface area contributed by atoms with Crippen molar-refractivity contribution in [3.63, 3.8) is 0 Å². The molecule has 0 bridgehead atoms. The van der Waals surface area contributed by atoms with Gasteiger partial charge in [0, 0.05) is 25.7 Å². The summed E-state index contributed by atoms with van der Waals surface area (Å²) in [6.45, 7) is 9.64. The fraction of sp³-hybridized carbons (Fsp3) is 0.951. The van der Waals surface area contributed by atoms with Gasteiger partial charge < -0.3 is 33.8 Å². The molecule has 0 heterocycles. The molecule has 0 spiro atoms. The van der Waals surface area contributed by atoms with Crippen LogP contribution < -0.4 is 0 Å². The summed E-state index contributed by atoms with van der Waals surface area (Å²) < 4.78 is 68.7. The van der Waals surface area contributed by atoms with E-state index in [4.69, 9.17) is 37.0 Å². The molecule has 0 aromatic carbocycles. The average Bonchev–Trinajstić information content (AvgIpc) is 0.920. The van der Waals surface area contributed by atoms with E-state index in [-0.39, 0.29) is 25.7 Å². The highest BCUT2D eigenvalue weighted by molar-refractivity contribution is 7.47. The van der Waals surface area contributed by atoms with Gasteiger partial charge >= 0.3 is 39.5 Å². The number of ether oxygens (including phenoxy) is 4. The maximum absolute atomic E-state index is 13.1. The first-order valence-electron chi connectivity index (χ1n) is 42.0. The molecule has 0 radical (unpaired) electrons. The van der Waals surface area contributed by atoms with Crippen molar-refractivity contribution in [2.24, 2.45) is 11.8 Å². The first kappa shape index (κ1) is 98.1. The maximum Gasteiger partial charge on any atom is 0.472 e. The van der Waals surface area contributed by atoms with Gasteiger partial charge in [-0.15, -0.1) is 0 Å². The Balaban J connectivity index is 5.25. The SMILES string of the molecule is CCCCCCCCCCCCCCCCCCC(=O)OC[C@H](COP(=O)(O)OC[C@@H](O)COP(=O)(O)OC[C@@H](COC(=O)CCCCCCCCCCC(C)C)OC(=O)CCCCCCCCCCCCCCCCC)OC(=O)CCCCCCCCCCCCCCCCCC(C)C. The van der Waals surface area contributed by atoms with Crippen molar-refractivity contribution in [1.82, 2.24) is 0 Å². The number of hydrogen-bond donors (Lipinski definition) is 3. The van der Waals surface area contributed by atoms with Crippen molar-refractivity contribution in [2.75, 3.05) is 39.6 Å². The third-order valence-corrected chi connectivity index (χ3v) is 20.9. The molecule has 0 aliphatic carbocycles. The van der Waals surface area contributed by atoms with Gasteiger partial charge in [-0.1, -0.05) is 375 Å². The average molecular weight is 1470 g/mol. The van der Waals surface area contributed by atoms with Gasteiger partial charge in [-0.05, 0) is 37.5 Å². The summed E-state index contributed by atoms with van der Waals surface area (Å²) >= 11 is 0. The summed E-state index contributed by atoms with van der Waals surface area (Å²) in [6, 6.07) is 0. The molecule has 0 saturated carbocycles. The molecule has 0 aromatic heterocycles. The highest BCUT2D eigenvalue weighted by Crippen LogP contribution is 2.45. The van der Waals surface area contributed by atoms with Crippen LogP contribution in [0, 0.1) is 11.8 Å². The van der Waals surface area contributed by atoms with Gasteiger partial charge in [-0.25, -0.2) is 9.13 Å². The standard InChI is InChI=1S/C81H158O17P2/c1-7-9-11-13-15-17-19-21-23-27-30-34-38-45-51-57-63-78(83)91-69-76(97-80(85)66-60-54-48-40-36-32-28-24-26-29-33-37-43-49-55-61-73(3)4)71-95-99(87,88)93-67-75(82)68-94-100(89,90)96-72-77(70-92-79(84)64-58-52-46-42-41-44-50-56-62-74(5)6)98-81(86)65-59-53-47-39-35-31-25-22-20-18-16-14-12-10-8-2/h73-77,82H,7-72H2,1-6H3,(H,87,88)(H,89,90)/t75-,76-,77-/m1/s1. The van der Waals surface area contributed by atoms with Crippen LogP contribution in [-0.2, 0) is 65.4 Å². The molecule has 3 N–H and O–H groups in total. The molecule has 5 atom stereocenters. The number of carbonyl (C=O) groups is 4. The highest BCUT2D eigenvalue weighted by Gasteiger charge is 2.30. The van der Waals surface area contributed by atoms with E-state index in [1.807, 2.05) is 0 Å². The second-order valence-electron chi connectivity index (χ2n) is 30.1. The van der Waals surface area contributed by atoms with Crippen molar-refractivity contribution in [3.8, 4) is 0 Å². The lowest BCUT2D eigenvalue weighted by Crippen LogP contribution is -2.30. The maximum atomic E-state index is 13.1. The first-order chi connectivity index (χ1) is 48.4. The van der Waals surface area contributed by atoms with Crippen LogP contribution in [0.4, 0.5) is 0 Å². The lowest BCUT2D eigenvalue weighted by Gasteiger charge is -2.21. The summed E-state index contributed by atoms with van der Waals surface area (Å²) in [4.78, 5) is 73.1. The van der Waals surface area contributed by atoms with Crippen LogP contribution in [0.3, 0.4) is 0 Å². The molecule has 2 unspecified atom stereocenters. The van der Waals surface area contributed by atoms with Gasteiger partial charge in [0.2, 0.25) is 0 Å². The molecule has 17 nitrogen and oxygen atoms in total. The van der Waals surface area contributed by atoms with Crippen LogP contribution in [0.25, 0.3) is 0 Å². The third-order valence-electron chi connectivity index (χ3n) is 19.0. The predicted octanol–water partition coefficient (Wildman–Crippen LogP) is 24.3. The van der Waals surface area contributed by atoms with Crippen LogP contribution >= 0.6 is 15.6 Å². The number of hydrogen-bond acceptors (Lipinski definition) is 15. The number of unbranched alkanes of at least 4 members (excludes halogenated alkanes) is 50. The fourth-order valence-corrected chi connectivity index (χ4v) is 14.1. The minimum absolute atomic E-state index is 0.108. The molecule has 0 aromatic rings. The molecule has 0 saturated heterocycles. The van der Waals surface area contributed by atoms with E-state index < -0.39 is 97.5 Å². The summed E-state index contributed by atoms with van der Waals surface area (Å²) in [7, 11) is -9.92. The van der Waals surface area contributed by atoms with Crippen LogP contribution in [0.5, 0.6) is 0 Å². The zero-order valence-electron chi connectivity index (χ0n) is 65.5. The van der Waals surface area contributed by atoms with Crippen LogP contribution in [0.2, 0.25) is 0 Å². The number of rotatable bonds is 80. The molecular weight excluding hydrogens is 1310 g/mol. The van der Waals surface area contributed by atoms with E-state index in [1.54, 1.807) is 0 Å². The number of phosphoric acid groups is 2. The Morgan fingerprint density at radius 1 is 0.270 bits per heavy atom. The summed E-state index contributed by atoms with van der Waals surface area (Å²) in [5.41, 5.74) is 0. The lowest BCUT2D eigenvalue weighted by atomic mass is 10.0. The molecule has 0 aliphatic rings. The van der Waals surface area contributed by atoms with Crippen LogP contribution in [-0.4, -0.2) is 96.7 Å². The highest BCUT2D eigenvalue weighted by atomic mass is 31.2. The van der Waals surface area contributed by atoms with Gasteiger partial charge in [-0.2, -0.15) is 0 Å². The number of aliphatic hydroxyl groups excluding tert-OH is 1. The Kier molecular flexibility index (Phi) is 71.2. The normalized spacial score (nSPS) is 13.9. The van der Waals surface area contributed by atoms with Crippen molar-refractivity contribution < 1.29 is 80.2 Å². The summed E-state index contributed by atoms with van der Waals surface area (Å²) in [5.74, 6) is -0.578. The zero-order chi connectivity index (χ0) is 73.5. The van der Waals surface area contributed by atoms with Crippen molar-refractivity contribution in [3.05, 3.63) is 0 Å². The number of phosphoric ester groups is 2. The van der Waals surface area contributed by atoms with E-state index in [0.29, 0.717) is 25.7 Å². The molecule has 0 amide bonds. The van der Waals surface area contributed by atoms with E-state index in [2.05, 4.69) is 41.5 Å². The summed E-state index contributed by atoms with van der Waals surface area (Å²) in [6.07, 6.45) is 62.4. The fourth-order valence-electron chi connectivity index (χ4n) is 12.5. The van der Waals surface area contributed by atoms with Gasteiger partial charge in [0.1, 0.15) is 19.3 Å². The molecule has 19 heteroatoms. The number of carbonyl (C=O) groups excluding carboxylic acids is 4. The monoisotopic (exact) mass is 1470 g/mol. The van der Waals surface area contributed by atoms with Crippen molar-refractivity contribution >= 4 is 39.5 Å². The molecule has 0 rings (SSSR count). The molecular formula is C81H158O17P2. The van der Waals surface area contributed by atoms with Crippen LogP contribution in [0.1, 0.15) is 427 Å². The lowest BCUT2D eigenvalue weighted by molar-refractivity contribution is -0.161. The quantitative estimate of drug-likeness (QED) is 0.0222. The Morgan fingerprint density at radius 3 is 0.680 bits per heavy atom. The first-order valence-corrected chi connectivity index (χ1v) is 45.0. The Hall–Kier alpha value is -1.94. The van der Waals surface area contributed by atoms with Gasteiger partial charge in [-0.3, -0.25) is 37.3 Å². The minimum atomic E-state index is -4.96. The van der Waals surface area contributed by atoms with Gasteiger partial charge in [0.15, 0.2) is 12.2 Å². The van der Waals surface area contributed by atoms with Crippen molar-refractivity contribution in [2.45, 2.75) is 445 Å². The molecule has 0 aliphatic heterocycles. The smallest absolute Gasteiger partial charge is 0.462 e. The Bertz CT molecular complexity index is 1920. The largest absolute Gasteiger partial charge is 0.472 e. The Morgan fingerprint density at radius 2 is 0.460 bits per heavy atom. The van der Waals surface area contributed by atoms with Gasteiger partial charge in [0.25, 0.3) is 0 Å². The van der Waals surface area contributed by atoms with E-state index in [0.717, 1.165) is 102 Å². The third kappa shape index (κ3) is 74.3. The summed E-state index contributed by atoms with van der Waals surface area (Å²) in [5, 5.41) is 10.6. The van der Waals surface area contributed by atoms with Gasteiger partial charge in [0.05, 0.1) is 26.4 Å². The second kappa shape index (κ2) is 72.6. The molecule has 0 fully saturated rings. The van der Waals surface area contributed by atoms with Crippen LogP contribution in [0.15, 0.2) is 0 Å². The molecule has 594 valence electrons. The van der Waals surface area contributed by atoms with Crippen molar-refractivity contribution in [1.29, 1.82) is 0 Å². The molecule has 100 heavy (non-hydrogen) atoms. The second-order valence-corrected chi connectivity index (χ2v) is 33.0. The topological polar surface area (TPSA) is 237 Å². The predicted molar refractivity (Wildman–Crippen MR) is 409 cm³/mol. The van der Waals surface area contributed by atoms with E-state index >= 15 is 0 Å². The van der Waals surface area contributed by atoms with E-state index in [1.165, 1.54) is 244 Å².